The summed E-state index contributed by atoms with van der Waals surface area (Å²) in [5.74, 6) is -0.531. The van der Waals surface area contributed by atoms with Gasteiger partial charge in [-0.05, 0) is 13.0 Å². The molecule has 0 aliphatic carbocycles. The Bertz CT molecular complexity index is 563. The number of hydrogen-bond donors (Lipinski definition) is 2. The van der Waals surface area contributed by atoms with Gasteiger partial charge in [0.1, 0.15) is 17.9 Å². The molecule has 3 N–H and O–H groups in total. The molecule has 18 heavy (non-hydrogen) atoms. The van der Waals surface area contributed by atoms with Crippen LogP contribution in [0, 0.1) is 11.3 Å². The van der Waals surface area contributed by atoms with Crippen molar-refractivity contribution in [2.24, 2.45) is 0 Å². The number of anilines is 2. The first-order valence-corrected chi connectivity index (χ1v) is 5.29. The number of pyridine rings is 1. The monoisotopic (exact) mass is 245 g/mol. The Labute approximate surface area is 103 Å². The van der Waals surface area contributed by atoms with E-state index in [1.165, 1.54) is 17.2 Å². The predicted molar refractivity (Wildman–Crippen MR) is 63.3 cm³/mol. The van der Waals surface area contributed by atoms with Crippen molar-refractivity contribution in [3.05, 3.63) is 17.8 Å². The smallest absolute Gasteiger partial charge is 0.249 e. The quantitative estimate of drug-likeness (QED) is 0.638. The van der Waals surface area contributed by atoms with Crippen molar-refractivity contribution in [3.63, 3.8) is 0 Å². The Kier molecular flexibility index (Phi) is 2.85. The minimum absolute atomic E-state index is 0.0154. The van der Waals surface area contributed by atoms with E-state index in [2.05, 4.69) is 10.3 Å². The minimum Gasteiger partial charge on any atom is -0.397 e. The molecule has 1 aromatic rings. The van der Waals surface area contributed by atoms with Crippen LogP contribution >= 0.6 is 0 Å². The Hall–Kier alpha value is -2.62. The van der Waals surface area contributed by atoms with Gasteiger partial charge in [0.15, 0.2) is 0 Å². The number of carbonyl (C=O) groups excluding carboxylic acids is 2. The molecule has 1 aliphatic rings. The third kappa shape index (κ3) is 1.96. The number of rotatable bonds is 1. The van der Waals surface area contributed by atoms with E-state index in [0.29, 0.717) is 11.5 Å². The highest BCUT2D eigenvalue weighted by Gasteiger charge is 2.32. The maximum absolute atomic E-state index is 11.5. The lowest BCUT2D eigenvalue weighted by atomic mass is 10.1. The number of nitriles is 1. The molecule has 0 spiro atoms. The summed E-state index contributed by atoms with van der Waals surface area (Å²) in [6.45, 7) is 1.62. The van der Waals surface area contributed by atoms with Crippen LogP contribution in [0.25, 0.3) is 0 Å². The molecule has 1 unspecified atom stereocenters. The number of carbonyl (C=O) groups is 2. The Balaban J connectivity index is 2.44. The third-order valence-electron chi connectivity index (χ3n) is 2.70. The molecule has 1 aromatic heterocycles. The molecule has 0 aromatic carbocycles. The second-order valence-electron chi connectivity index (χ2n) is 3.97. The van der Waals surface area contributed by atoms with Crippen LogP contribution in [-0.2, 0) is 9.59 Å². The average Bonchev–Trinajstić information content (AvgIpc) is 2.34. The topological polar surface area (TPSA) is 112 Å². The summed E-state index contributed by atoms with van der Waals surface area (Å²) in [5, 5.41) is 11.3. The summed E-state index contributed by atoms with van der Waals surface area (Å²) < 4.78 is 0. The van der Waals surface area contributed by atoms with Crippen LogP contribution < -0.4 is 16.0 Å². The predicted octanol–water partition coefficient (Wildman–Crippen LogP) is -0.613. The van der Waals surface area contributed by atoms with Crippen molar-refractivity contribution < 1.29 is 9.59 Å². The number of nitrogens with two attached hydrogens (primary N) is 1. The average molecular weight is 245 g/mol. The summed E-state index contributed by atoms with van der Waals surface area (Å²) in [6.07, 6.45) is 1.39. The van der Waals surface area contributed by atoms with Gasteiger partial charge in [-0.2, -0.15) is 5.26 Å². The fourth-order valence-corrected chi connectivity index (χ4v) is 1.76. The normalized spacial score (nSPS) is 19.3. The fraction of sp³-hybridized carbons (Fsp3) is 0.273. The molecule has 7 nitrogen and oxygen atoms in total. The van der Waals surface area contributed by atoms with Gasteiger partial charge in [0.2, 0.25) is 11.8 Å². The molecular formula is C11H11N5O2. The van der Waals surface area contributed by atoms with Crippen molar-refractivity contribution in [1.82, 2.24) is 10.3 Å². The van der Waals surface area contributed by atoms with Crippen LogP contribution in [0.3, 0.4) is 0 Å². The lowest BCUT2D eigenvalue weighted by Crippen LogP contribution is -2.57. The molecule has 0 radical (unpaired) electrons. The first-order chi connectivity index (χ1) is 8.52. The van der Waals surface area contributed by atoms with E-state index in [0.717, 1.165) is 0 Å². The Morgan fingerprint density at radius 2 is 2.33 bits per heavy atom. The summed E-state index contributed by atoms with van der Waals surface area (Å²) in [4.78, 5) is 28.4. The SMILES string of the molecule is CC1C(=O)NC(=O)CN1c1ncc(N)cc1C#N. The second kappa shape index (κ2) is 4.33. The van der Waals surface area contributed by atoms with Gasteiger partial charge in [-0.3, -0.25) is 14.9 Å². The number of hydrogen-bond acceptors (Lipinski definition) is 6. The lowest BCUT2D eigenvalue weighted by Gasteiger charge is -2.32. The highest BCUT2D eigenvalue weighted by Crippen LogP contribution is 2.22. The summed E-state index contributed by atoms with van der Waals surface area (Å²) in [6, 6.07) is 2.86. The Morgan fingerprint density at radius 1 is 1.61 bits per heavy atom. The van der Waals surface area contributed by atoms with Gasteiger partial charge in [0.25, 0.3) is 0 Å². The zero-order valence-electron chi connectivity index (χ0n) is 9.67. The van der Waals surface area contributed by atoms with Crippen LogP contribution in [0.15, 0.2) is 12.3 Å². The van der Waals surface area contributed by atoms with E-state index in [1.54, 1.807) is 6.92 Å². The zero-order valence-corrected chi connectivity index (χ0v) is 9.67. The molecule has 2 rings (SSSR count). The number of nitrogens with one attached hydrogen (secondary N) is 1. The van der Waals surface area contributed by atoms with Crippen LogP contribution in [0.5, 0.6) is 0 Å². The van der Waals surface area contributed by atoms with Crippen LogP contribution in [0.4, 0.5) is 11.5 Å². The highest BCUT2D eigenvalue weighted by atomic mass is 16.2. The second-order valence-corrected chi connectivity index (χ2v) is 3.97. The largest absolute Gasteiger partial charge is 0.397 e. The van der Waals surface area contributed by atoms with Crippen molar-refractivity contribution in [2.75, 3.05) is 17.2 Å². The molecule has 92 valence electrons. The first-order valence-electron chi connectivity index (χ1n) is 5.29. The number of amides is 2. The number of nitrogen functional groups attached to an aromatic ring is 1. The summed E-state index contributed by atoms with van der Waals surface area (Å²) >= 11 is 0. The lowest BCUT2D eigenvalue weighted by molar-refractivity contribution is -0.132. The van der Waals surface area contributed by atoms with Crippen LogP contribution in [0.1, 0.15) is 12.5 Å². The van der Waals surface area contributed by atoms with E-state index in [9.17, 15) is 9.59 Å². The number of piperazine rings is 1. The van der Waals surface area contributed by atoms with Crippen molar-refractivity contribution in [3.8, 4) is 6.07 Å². The molecule has 1 saturated heterocycles. The zero-order chi connectivity index (χ0) is 13.3. The van der Waals surface area contributed by atoms with E-state index < -0.39 is 17.9 Å². The Morgan fingerprint density at radius 3 is 3.00 bits per heavy atom. The molecule has 0 saturated carbocycles. The fourth-order valence-electron chi connectivity index (χ4n) is 1.76. The molecule has 2 heterocycles. The number of nitrogens with zero attached hydrogens (tertiary/aromatic N) is 3. The van der Waals surface area contributed by atoms with Crippen molar-refractivity contribution in [2.45, 2.75) is 13.0 Å². The van der Waals surface area contributed by atoms with Gasteiger partial charge < -0.3 is 10.6 Å². The van der Waals surface area contributed by atoms with Crippen molar-refractivity contribution >= 4 is 23.3 Å². The molecule has 7 heteroatoms. The molecule has 1 atom stereocenters. The van der Waals surface area contributed by atoms with Crippen LogP contribution in [0.2, 0.25) is 0 Å². The maximum Gasteiger partial charge on any atom is 0.249 e. The number of aromatic nitrogens is 1. The summed E-state index contributed by atoms with van der Waals surface area (Å²) in [7, 11) is 0. The van der Waals surface area contributed by atoms with Gasteiger partial charge in [0, 0.05) is 0 Å². The standard InChI is InChI=1S/C11H11N5O2/c1-6-11(18)15-9(17)5-16(6)10-7(3-12)2-8(13)4-14-10/h2,4,6H,5,13H2,1H3,(H,15,17,18). The maximum atomic E-state index is 11.5. The van der Waals surface area contributed by atoms with Gasteiger partial charge in [-0.1, -0.05) is 0 Å². The first kappa shape index (κ1) is 11.9. The molecule has 1 aliphatic heterocycles. The van der Waals surface area contributed by atoms with E-state index in [-0.39, 0.29) is 12.1 Å². The molecule has 1 fully saturated rings. The van der Waals surface area contributed by atoms with E-state index >= 15 is 0 Å². The third-order valence-corrected chi connectivity index (χ3v) is 2.70. The summed E-state index contributed by atoms with van der Waals surface area (Å²) in [5.41, 5.74) is 6.14. The van der Waals surface area contributed by atoms with Gasteiger partial charge >= 0.3 is 0 Å². The minimum atomic E-state index is -0.564. The molecule has 0 bridgehead atoms. The van der Waals surface area contributed by atoms with Gasteiger partial charge in [-0.25, -0.2) is 4.98 Å². The van der Waals surface area contributed by atoms with Crippen LogP contribution in [-0.4, -0.2) is 29.4 Å². The molecular weight excluding hydrogens is 234 g/mol. The number of imide groups is 1. The van der Waals surface area contributed by atoms with E-state index in [1.807, 2.05) is 6.07 Å². The van der Waals surface area contributed by atoms with Gasteiger partial charge in [-0.15, -0.1) is 0 Å². The highest BCUT2D eigenvalue weighted by molar-refractivity contribution is 6.04. The van der Waals surface area contributed by atoms with Gasteiger partial charge in [0.05, 0.1) is 24.0 Å². The van der Waals surface area contributed by atoms with Crippen molar-refractivity contribution in [1.29, 1.82) is 5.26 Å². The molecule has 2 amide bonds. The van der Waals surface area contributed by atoms with E-state index in [4.69, 9.17) is 11.0 Å².